The number of ether oxygens (including phenoxy) is 1. The quantitative estimate of drug-likeness (QED) is 0.655. The van der Waals surface area contributed by atoms with E-state index in [0.717, 1.165) is 0 Å². The van der Waals surface area contributed by atoms with Gasteiger partial charge in [0, 0.05) is 12.6 Å². The Morgan fingerprint density at radius 1 is 1.27 bits per heavy atom. The van der Waals surface area contributed by atoms with Crippen molar-refractivity contribution in [1.29, 1.82) is 0 Å². The Bertz CT molecular complexity index is 463. The van der Waals surface area contributed by atoms with Gasteiger partial charge in [-0.3, -0.25) is 4.79 Å². The van der Waals surface area contributed by atoms with E-state index in [0.29, 0.717) is 30.4 Å². The number of rotatable bonds is 9. The lowest BCUT2D eigenvalue weighted by molar-refractivity contribution is -0.118. The molecule has 0 aliphatic heterocycles. The van der Waals surface area contributed by atoms with Crippen molar-refractivity contribution in [3.8, 4) is 5.75 Å². The Hall–Kier alpha value is -1.59. The highest BCUT2D eigenvalue weighted by Gasteiger charge is 2.20. The molecule has 0 spiro atoms. The summed E-state index contributed by atoms with van der Waals surface area (Å²) in [5.74, 6) is 0.898. The molecule has 0 aliphatic carbocycles. The first-order valence-corrected chi connectivity index (χ1v) is 7.89. The lowest BCUT2D eigenvalue weighted by Gasteiger charge is -2.25. The van der Waals surface area contributed by atoms with Crippen LogP contribution in [0, 0.1) is 5.92 Å². The predicted molar refractivity (Wildman–Crippen MR) is 89.2 cm³/mol. The largest absolute Gasteiger partial charge is 0.492 e. The van der Waals surface area contributed by atoms with Gasteiger partial charge in [0.1, 0.15) is 5.75 Å². The Morgan fingerprint density at radius 3 is 2.55 bits per heavy atom. The molecule has 0 bridgehead atoms. The van der Waals surface area contributed by atoms with Gasteiger partial charge in [-0.15, -0.1) is 0 Å². The normalized spacial score (nSPS) is 13.7. The minimum absolute atomic E-state index is 0.105. The Kier molecular flexibility index (Phi) is 7.91. The van der Waals surface area contributed by atoms with Crippen LogP contribution in [0.1, 0.15) is 34.1 Å². The summed E-state index contributed by atoms with van der Waals surface area (Å²) in [6, 6.07) is 7.14. The standard InChI is InChI=1S/C17H28N2O3/c1-5-22-16-9-7-6-8-15(16)19-17(21)13(4)18-14(10-11-20)12(2)3/h6-9,12-14,18,20H,5,10-11H2,1-4H3,(H,19,21)/t13-,14+/m0/s1. The molecule has 22 heavy (non-hydrogen) atoms. The van der Waals surface area contributed by atoms with E-state index in [-0.39, 0.29) is 24.6 Å². The topological polar surface area (TPSA) is 70.6 Å². The lowest BCUT2D eigenvalue weighted by Crippen LogP contribution is -2.46. The third-order valence-corrected chi connectivity index (χ3v) is 3.55. The fourth-order valence-electron chi connectivity index (χ4n) is 2.24. The number of anilines is 1. The van der Waals surface area contributed by atoms with Gasteiger partial charge in [-0.05, 0) is 38.3 Å². The smallest absolute Gasteiger partial charge is 0.241 e. The van der Waals surface area contributed by atoms with Gasteiger partial charge in [0.15, 0.2) is 0 Å². The van der Waals surface area contributed by atoms with Crippen LogP contribution in [0.5, 0.6) is 5.75 Å². The van der Waals surface area contributed by atoms with Crippen LogP contribution in [0.3, 0.4) is 0 Å². The van der Waals surface area contributed by atoms with E-state index >= 15 is 0 Å². The highest BCUT2D eigenvalue weighted by Crippen LogP contribution is 2.23. The average molecular weight is 308 g/mol. The molecule has 5 nitrogen and oxygen atoms in total. The summed E-state index contributed by atoms with van der Waals surface area (Å²) in [5, 5.41) is 15.3. The molecule has 124 valence electrons. The third-order valence-electron chi connectivity index (χ3n) is 3.55. The number of amides is 1. The number of nitrogens with one attached hydrogen (secondary N) is 2. The number of para-hydroxylation sites is 2. The minimum Gasteiger partial charge on any atom is -0.492 e. The van der Waals surface area contributed by atoms with E-state index in [2.05, 4.69) is 24.5 Å². The van der Waals surface area contributed by atoms with E-state index in [1.807, 2.05) is 38.1 Å². The van der Waals surface area contributed by atoms with Gasteiger partial charge < -0.3 is 20.5 Å². The first-order chi connectivity index (χ1) is 10.5. The van der Waals surface area contributed by atoms with Crippen molar-refractivity contribution in [2.24, 2.45) is 5.92 Å². The number of hydrogen-bond donors (Lipinski definition) is 3. The van der Waals surface area contributed by atoms with Crippen LogP contribution in [-0.2, 0) is 4.79 Å². The molecule has 1 aromatic rings. The Balaban J connectivity index is 2.67. The van der Waals surface area contributed by atoms with E-state index in [9.17, 15) is 4.79 Å². The van der Waals surface area contributed by atoms with Crippen molar-refractivity contribution in [1.82, 2.24) is 5.32 Å². The van der Waals surface area contributed by atoms with E-state index in [4.69, 9.17) is 9.84 Å². The van der Waals surface area contributed by atoms with Gasteiger partial charge in [0.05, 0.1) is 18.3 Å². The van der Waals surface area contributed by atoms with Crippen molar-refractivity contribution in [2.75, 3.05) is 18.5 Å². The van der Waals surface area contributed by atoms with Crippen LogP contribution >= 0.6 is 0 Å². The summed E-state index contributed by atoms with van der Waals surface area (Å²) in [6.45, 7) is 8.53. The van der Waals surface area contributed by atoms with E-state index < -0.39 is 0 Å². The van der Waals surface area contributed by atoms with Crippen LogP contribution in [0.15, 0.2) is 24.3 Å². The summed E-state index contributed by atoms with van der Waals surface area (Å²) in [7, 11) is 0. The van der Waals surface area contributed by atoms with Gasteiger partial charge in [0.25, 0.3) is 0 Å². The minimum atomic E-state index is -0.353. The second-order valence-corrected chi connectivity index (χ2v) is 5.67. The average Bonchev–Trinajstić information content (AvgIpc) is 2.48. The lowest BCUT2D eigenvalue weighted by atomic mass is 10.0. The molecule has 0 aliphatic rings. The second kappa shape index (κ2) is 9.43. The summed E-state index contributed by atoms with van der Waals surface area (Å²) in [5.41, 5.74) is 0.672. The fourth-order valence-corrected chi connectivity index (χ4v) is 2.24. The number of aliphatic hydroxyl groups excluding tert-OH is 1. The molecule has 0 fully saturated rings. The van der Waals surface area contributed by atoms with Crippen LogP contribution in [0.2, 0.25) is 0 Å². The number of benzene rings is 1. The Morgan fingerprint density at radius 2 is 1.95 bits per heavy atom. The second-order valence-electron chi connectivity index (χ2n) is 5.67. The molecule has 0 saturated heterocycles. The maximum atomic E-state index is 12.3. The zero-order chi connectivity index (χ0) is 16.5. The maximum Gasteiger partial charge on any atom is 0.241 e. The number of hydrogen-bond acceptors (Lipinski definition) is 4. The van der Waals surface area contributed by atoms with Crippen molar-refractivity contribution in [3.63, 3.8) is 0 Å². The van der Waals surface area contributed by atoms with Crippen LogP contribution in [-0.4, -0.2) is 36.3 Å². The molecule has 0 saturated carbocycles. The third kappa shape index (κ3) is 5.66. The number of aliphatic hydroxyl groups is 1. The highest BCUT2D eigenvalue weighted by molar-refractivity contribution is 5.95. The predicted octanol–water partition coefficient (Wildman–Crippen LogP) is 2.41. The van der Waals surface area contributed by atoms with Crippen molar-refractivity contribution in [2.45, 2.75) is 46.2 Å². The first-order valence-electron chi connectivity index (χ1n) is 7.89. The molecule has 0 heterocycles. The molecule has 2 atom stereocenters. The SMILES string of the molecule is CCOc1ccccc1NC(=O)[C@H](C)N[C@H](CCO)C(C)C. The van der Waals surface area contributed by atoms with Gasteiger partial charge in [-0.2, -0.15) is 0 Å². The molecular weight excluding hydrogens is 280 g/mol. The van der Waals surface area contributed by atoms with Crippen LogP contribution < -0.4 is 15.4 Å². The Labute approximate surface area is 133 Å². The zero-order valence-electron chi connectivity index (χ0n) is 13.9. The van der Waals surface area contributed by atoms with Gasteiger partial charge >= 0.3 is 0 Å². The van der Waals surface area contributed by atoms with Crippen molar-refractivity contribution < 1.29 is 14.6 Å². The van der Waals surface area contributed by atoms with Gasteiger partial charge in [0.2, 0.25) is 5.91 Å². The van der Waals surface area contributed by atoms with Crippen molar-refractivity contribution >= 4 is 11.6 Å². The van der Waals surface area contributed by atoms with Crippen LogP contribution in [0.25, 0.3) is 0 Å². The molecule has 3 N–H and O–H groups in total. The maximum absolute atomic E-state index is 12.3. The van der Waals surface area contributed by atoms with E-state index in [1.54, 1.807) is 0 Å². The molecule has 1 rings (SSSR count). The molecule has 5 heteroatoms. The zero-order valence-corrected chi connectivity index (χ0v) is 13.9. The number of carbonyl (C=O) groups is 1. The number of carbonyl (C=O) groups excluding carboxylic acids is 1. The monoisotopic (exact) mass is 308 g/mol. The molecule has 0 aromatic heterocycles. The molecule has 0 unspecified atom stereocenters. The van der Waals surface area contributed by atoms with Gasteiger partial charge in [-0.25, -0.2) is 0 Å². The summed E-state index contributed by atoms with van der Waals surface area (Å²) < 4.78 is 5.51. The molecule has 0 radical (unpaired) electrons. The molecular formula is C17H28N2O3. The summed E-state index contributed by atoms with van der Waals surface area (Å²) in [6.07, 6.45) is 0.630. The molecule has 1 amide bonds. The summed E-state index contributed by atoms with van der Waals surface area (Å²) >= 11 is 0. The summed E-state index contributed by atoms with van der Waals surface area (Å²) in [4.78, 5) is 12.3. The molecule has 1 aromatic carbocycles. The van der Waals surface area contributed by atoms with Crippen LogP contribution in [0.4, 0.5) is 5.69 Å². The van der Waals surface area contributed by atoms with Gasteiger partial charge in [-0.1, -0.05) is 26.0 Å². The van der Waals surface area contributed by atoms with Crippen molar-refractivity contribution in [3.05, 3.63) is 24.3 Å². The first kappa shape index (κ1) is 18.5. The highest BCUT2D eigenvalue weighted by atomic mass is 16.5. The fraction of sp³-hybridized carbons (Fsp3) is 0.588. The van der Waals surface area contributed by atoms with E-state index in [1.165, 1.54) is 0 Å².